The summed E-state index contributed by atoms with van der Waals surface area (Å²) < 4.78 is 26.4. The van der Waals surface area contributed by atoms with Gasteiger partial charge < -0.3 is 56.2 Å². The Labute approximate surface area is 399 Å². The monoisotopic (exact) mass is 917 g/mol. The van der Waals surface area contributed by atoms with Gasteiger partial charge in [-0.3, -0.25) is 4.79 Å². The molecule has 4 bridgehead atoms. The quantitative estimate of drug-likeness (QED) is 0.0581. The number of nitrogens with two attached hydrogens (primary N) is 1. The number of phenolic OH excluding ortho intramolecular Hbond substituents is 2. The molecule has 0 radical (unpaired) electrons. The molecule has 8 atom stereocenters. The third-order valence-electron chi connectivity index (χ3n) is 15.3. The number of fused-ring (bicyclic) bond motifs is 8. The van der Waals surface area contributed by atoms with Crippen molar-refractivity contribution in [3.8, 4) is 51.7 Å². The fraction of sp³-hybridized carbons (Fsp3) is 0.411. The number of hydrogen-bond donors (Lipinski definition) is 7. The Morgan fingerprint density at radius 2 is 1.88 bits per heavy atom. The lowest BCUT2D eigenvalue weighted by molar-refractivity contribution is -0.141. The van der Waals surface area contributed by atoms with Gasteiger partial charge in [-0.25, -0.2) is 0 Å². The molecule has 4 aliphatic heterocycles. The number of dihydropyridines is 1. The summed E-state index contributed by atoms with van der Waals surface area (Å²) in [5.74, 6) is 8.61. The highest BCUT2D eigenvalue weighted by Gasteiger charge is 2.52. The first-order valence-electron chi connectivity index (χ1n) is 24.2. The van der Waals surface area contributed by atoms with Gasteiger partial charge in [-0.05, 0) is 129 Å². The van der Waals surface area contributed by atoms with E-state index in [4.69, 9.17) is 24.7 Å². The number of likely N-dealkylation sites (N-methyl/N-ethyl adjacent to an activating group) is 2. The largest absolute Gasteiger partial charge is 0.508 e. The summed E-state index contributed by atoms with van der Waals surface area (Å²) in [6, 6.07) is 18.1. The van der Waals surface area contributed by atoms with E-state index in [0.717, 1.165) is 100 Å². The predicted octanol–water partition coefficient (Wildman–Crippen LogP) is 7.67. The van der Waals surface area contributed by atoms with Crippen LogP contribution in [-0.4, -0.2) is 75.4 Å². The van der Waals surface area contributed by atoms with Crippen LogP contribution >= 0.6 is 0 Å². The van der Waals surface area contributed by atoms with Crippen LogP contribution in [0.2, 0.25) is 0 Å². The van der Waals surface area contributed by atoms with Crippen molar-refractivity contribution < 1.29 is 34.0 Å². The molecule has 2 aliphatic carbocycles. The minimum absolute atomic E-state index is 0.00664. The number of methoxy groups -OCH3 is 1. The number of rotatable bonds is 11. The molecule has 0 amide bonds. The maximum atomic E-state index is 12.7. The lowest BCUT2D eigenvalue weighted by Crippen LogP contribution is -2.44. The highest BCUT2D eigenvalue weighted by atomic mass is 16.5. The van der Waals surface area contributed by atoms with Gasteiger partial charge in [0.05, 0.1) is 30.9 Å². The average Bonchev–Trinajstić information content (AvgIpc) is 3.84. The maximum Gasteiger partial charge on any atom is 0.302 e. The molecule has 4 aromatic carbocycles. The van der Waals surface area contributed by atoms with Crippen molar-refractivity contribution in [3.63, 3.8) is 0 Å². The van der Waals surface area contributed by atoms with Gasteiger partial charge in [-0.2, -0.15) is 0 Å². The van der Waals surface area contributed by atoms with Crippen LogP contribution in [0, 0.1) is 23.7 Å². The number of carbonyl (C=O) groups excluding carboxylic acids is 1. The Bertz CT molecular complexity index is 2800. The molecule has 68 heavy (non-hydrogen) atoms. The third-order valence-corrected chi connectivity index (χ3v) is 15.3. The highest BCUT2D eigenvalue weighted by Crippen LogP contribution is 2.64. The summed E-state index contributed by atoms with van der Waals surface area (Å²) in [6.07, 6.45) is 12.3. The molecule has 1 saturated carbocycles. The molecular formula is C56H63N5O7. The first-order valence-corrected chi connectivity index (χ1v) is 24.2. The number of para-hydroxylation sites is 1. The van der Waals surface area contributed by atoms with Crippen LogP contribution in [-0.2, 0) is 34.2 Å². The topological polar surface area (TPSA) is 169 Å². The van der Waals surface area contributed by atoms with Gasteiger partial charge in [0.2, 0.25) is 0 Å². The number of aryl methyl sites for hydroxylation is 1. The Morgan fingerprint density at radius 3 is 2.68 bits per heavy atom. The first kappa shape index (κ1) is 45.4. The molecule has 4 heterocycles. The summed E-state index contributed by atoms with van der Waals surface area (Å²) >= 11 is 0. The molecule has 0 aromatic heterocycles. The molecule has 354 valence electrons. The molecule has 12 heteroatoms. The molecule has 0 saturated heterocycles. The van der Waals surface area contributed by atoms with Crippen LogP contribution in [0.15, 0.2) is 84.1 Å². The first-order chi connectivity index (χ1) is 33.0. The molecule has 1 spiro atoms. The maximum absolute atomic E-state index is 12.7. The van der Waals surface area contributed by atoms with E-state index in [1.807, 2.05) is 32.3 Å². The van der Waals surface area contributed by atoms with Gasteiger partial charge in [0.15, 0.2) is 11.5 Å². The number of carbonyl (C=O) groups is 1. The second-order valence-corrected chi connectivity index (χ2v) is 19.3. The van der Waals surface area contributed by atoms with Gasteiger partial charge in [0.25, 0.3) is 0 Å². The van der Waals surface area contributed by atoms with Crippen molar-refractivity contribution in [3.05, 3.63) is 123 Å². The zero-order valence-electron chi connectivity index (χ0n) is 39.6. The fourth-order valence-corrected chi connectivity index (χ4v) is 12.4. The SMILES string of the molecule is CCNc1ccccc1CC[C@H]1C2=C(C#CCc3cc(O)c4c(c3[C@H]3Oc5c(ccc6c5[C@@]5(CC[C@@H]1C5)Cc1cc(O)cc(OC)c1-6)[C@@H]3COC(C)=O)C=C[C@@H](NC)[C@@H](CNC)O4)NC(N)C=C2. The number of ether oxygens (including phenoxy) is 4. The van der Waals surface area contributed by atoms with E-state index in [9.17, 15) is 15.0 Å². The number of allylic oxidation sites excluding steroid dienone is 3. The van der Waals surface area contributed by atoms with Gasteiger partial charge in [0, 0.05) is 71.4 Å². The van der Waals surface area contributed by atoms with Crippen LogP contribution < -0.4 is 41.2 Å². The van der Waals surface area contributed by atoms with Gasteiger partial charge in [0.1, 0.15) is 36.1 Å². The molecule has 10 rings (SSSR count). The van der Waals surface area contributed by atoms with Crippen molar-refractivity contribution in [2.24, 2.45) is 17.6 Å². The summed E-state index contributed by atoms with van der Waals surface area (Å²) in [7, 11) is 5.43. The minimum atomic E-state index is -0.657. The van der Waals surface area contributed by atoms with E-state index < -0.39 is 23.6 Å². The minimum Gasteiger partial charge on any atom is -0.508 e. The molecule has 1 unspecified atom stereocenters. The molecule has 1 fully saturated rings. The highest BCUT2D eigenvalue weighted by molar-refractivity contribution is 5.84. The molecule has 8 N–H and O–H groups in total. The van der Waals surface area contributed by atoms with Gasteiger partial charge in [-0.15, -0.1) is 0 Å². The molecule has 12 nitrogen and oxygen atoms in total. The Morgan fingerprint density at radius 1 is 1.03 bits per heavy atom. The van der Waals surface area contributed by atoms with E-state index in [1.54, 1.807) is 19.2 Å². The van der Waals surface area contributed by atoms with Crippen molar-refractivity contribution in [1.29, 1.82) is 0 Å². The number of nitrogens with one attached hydrogen (secondary N) is 4. The number of aromatic hydroxyl groups is 2. The second kappa shape index (κ2) is 18.6. The fourth-order valence-electron chi connectivity index (χ4n) is 12.4. The standard InChI is InChI=1S/C56H63N5O7/c1-6-60-43-12-8-7-10-32(43)14-15-37-34-22-23-56(27-34)28-35-24-36(63)26-47(65-5)50(35)40-17-16-39-42(30-66-31(2)62)54(68-55(39)52(40)56)51-33(11-9-13-44-38(37)19-21-49(57)61-44)25-46(64)53-41(51)18-20-45(59-4)48(67-53)29-58-3/h7-8,10,12,16-21,24-26,34,37,42,45,48-49,54,58-61,63-64H,6,11,14-15,22-23,27-30,57H2,1-5H3/t34-,37-,42+,45-,48-,49?,54+,56-/m1/s1. The van der Waals surface area contributed by atoms with Gasteiger partial charge >= 0.3 is 5.97 Å². The smallest absolute Gasteiger partial charge is 0.302 e. The van der Waals surface area contributed by atoms with Crippen LogP contribution in [0.5, 0.6) is 28.7 Å². The van der Waals surface area contributed by atoms with Crippen molar-refractivity contribution >= 4 is 17.7 Å². The summed E-state index contributed by atoms with van der Waals surface area (Å²) in [5.41, 5.74) is 18.0. The lowest BCUT2D eigenvalue weighted by atomic mass is 9.64. The van der Waals surface area contributed by atoms with Gasteiger partial charge in [-0.1, -0.05) is 54.5 Å². The zero-order chi connectivity index (χ0) is 47.3. The van der Waals surface area contributed by atoms with Crippen molar-refractivity contribution in [1.82, 2.24) is 16.0 Å². The van der Waals surface area contributed by atoms with E-state index in [2.05, 4.69) is 88.6 Å². The average molecular weight is 918 g/mol. The zero-order valence-corrected chi connectivity index (χ0v) is 39.6. The number of hydrogen-bond acceptors (Lipinski definition) is 12. The third kappa shape index (κ3) is 8.04. The molecule has 6 aliphatic rings. The molecular weight excluding hydrogens is 855 g/mol. The summed E-state index contributed by atoms with van der Waals surface area (Å²) in [4.78, 5) is 12.7. The number of esters is 1. The van der Waals surface area contributed by atoms with E-state index in [-0.39, 0.29) is 54.5 Å². The van der Waals surface area contributed by atoms with Crippen LogP contribution in [0.4, 0.5) is 5.69 Å². The number of anilines is 1. The lowest BCUT2D eigenvalue weighted by Gasteiger charge is -2.40. The molecule has 4 aromatic rings. The van der Waals surface area contributed by atoms with E-state index >= 15 is 0 Å². The van der Waals surface area contributed by atoms with E-state index in [1.165, 1.54) is 12.5 Å². The van der Waals surface area contributed by atoms with Crippen LogP contribution in [0.25, 0.3) is 17.2 Å². The number of phenols is 2. The second-order valence-electron chi connectivity index (χ2n) is 19.3. The Balaban J connectivity index is 1.23. The van der Waals surface area contributed by atoms with E-state index in [0.29, 0.717) is 30.0 Å². The summed E-state index contributed by atoms with van der Waals surface area (Å²) in [6.45, 7) is 5.00. The Kier molecular flexibility index (Phi) is 12.4. The van der Waals surface area contributed by atoms with Crippen LogP contribution in [0.3, 0.4) is 0 Å². The normalized spacial score (nSPS) is 25.9. The van der Waals surface area contributed by atoms with Crippen molar-refractivity contribution in [2.75, 3.05) is 46.2 Å². The predicted molar refractivity (Wildman–Crippen MR) is 265 cm³/mol. The number of benzene rings is 4. The Hall–Kier alpha value is -6.39. The van der Waals surface area contributed by atoms with Crippen LogP contribution in [0.1, 0.15) is 90.5 Å². The summed E-state index contributed by atoms with van der Waals surface area (Å²) in [5, 5.41) is 37.0. The van der Waals surface area contributed by atoms with Crippen molar-refractivity contribution in [2.45, 2.75) is 94.5 Å².